The van der Waals surface area contributed by atoms with Gasteiger partial charge < -0.3 is 19.5 Å². The van der Waals surface area contributed by atoms with Crippen LogP contribution in [0.25, 0.3) is 0 Å². The Balaban J connectivity index is 1.84. The lowest BCUT2D eigenvalue weighted by Crippen LogP contribution is -2.29. The molecule has 1 aliphatic carbocycles. The second-order valence-electron chi connectivity index (χ2n) is 7.08. The number of allylic oxidation sites excluding steroid dienone is 2. The van der Waals surface area contributed by atoms with Crippen LogP contribution < -0.4 is 19.5 Å². The fourth-order valence-corrected chi connectivity index (χ4v) is 4.99. The number of hydrogen-bond donors (Lipinski definition) is 1. The number of nitro benzene ring substituents is 1. The molecule has 2 aromatic carbocycles. The topological polar surface area (TPSA) is 82.9 Å². The van der Waals surface area contributed by atoms with Crippen molar-refractivity contribution in [2.75, 3.05) is 26.6 Å². The molecule has 0 spiro atoms. The van der Waals surface area contributed by atoms with E-state index in [1.54, 1.807) is 20.3 Å². The third kappa shape index (κ3) is 3.21. The quantitative estimate of drug-likeness (QED) is 0.374. The van der Waals surface area contributed by atoms with Crippen molar-refractivity contribution in [2.45, 2.75) is 18.4 Å². The van der Waals surface area contributed by atoms with Gasteiger partial charge in [-0.2, -0.15) is 0 Å². The molecule has 4 rings (SSSR count). The maximum Gasteiger partial charge on any atom is 0.273 e. The molecule has 0 saturated heterocycles. The van der Waals surface area contributed by atoms with Gasteiger partial charge in [0.2, 0.25) is 0 Å². The highest BCUT2D eigenvalue weighted by atomic mass is 79.9. The summed E-state index contributed by atoms with van der Waals surface area (Å²) in [5.41, 5.74) is 2.76. The van der Waals surface area contributed by atoms with E-state index in [1.807, 2.05) is 12.1 Å². The second-order valence-corrected chi connectivity index (χ2v) is 7.94. The van der Waals surface area contributed by atoms with E-state index in [9.17, 15) is 10.1 Å². The number of nitrogens with zero attached hydrogens (tertiary/aromatic N) is 1. The summed E-state index contributed by atoms with van der Waals surface area (Å²) in [7, 11) is 4.74. The first-order valence-corrected chi connectivity index (χ1v) is 9.98. The zero-order valence-electron chi connectivity index (χ0n) is 16.3. The molecule has 1 aliphatic heterocycles. The molecule has 7 nitrogen and oxygen atoms in total. The molecule has 0 amide bonds. The van der Waals surface area contributed by atoms with Crippen molar-refractivity contribution in [1.29, 1.82) is 0 Å². The van der Waals surface area contributed by atoms with Gasteiger partial charge in [0.05, 0.1) is 48.5 Å². The molecule has 1 heterocycles. The molecule has 8 heteroatoms. The number of fused-ring (bicyclic) bond motifs is 3. The minimum atomic E-state index is -0.381. The first-order chi connectivity index (χ1) is 14.0. The van der Waals surface area contributed by atoms with Crippen molar-refractivity contribution < 1.29 is 19.1 Å². The highest BCUT2D eigenvalue weighted by molar-refractivity contribution is 9.10. The Morgan fingerprint density at radius 2 is 1.86 bits per heavy atom. The Kier molecular flexibility index (Phi) is 5.12. The smallest absolute Gasteiger partial charge is 0.273 e. The molecule has 29 heavy (non-hydrogen) atoms. The van der Waals surface area contributed by atoms with Crippen LogP contribution in [-0.4, -0.2) is 26.3 Å². The molecule has 1 N–H and O–H groups in total. The van der Waals surface area contributed by atoms with E-state index in [2.05, 4.69) is 33.4 Å². The average molecular weight is 461 g/mol. The van der Waals surface area contributed by atoms with Crippen LogP contribution in [-0.2, 0) is 0 Å². The Morgan fingerprint density at radius 1 is 1.10 bits per heavy atom. The summed E-state index contributed by atoms with van der Waals surface area (Å²) in [5, 5.41) is 15.0. The number of rotatable bonds is 5. The van der Waals surface area contributed by atoms with Gasteiger partial charge in [0.15, 0.2) is 11.5 Å². The normalized spacial score (nSPS) is 21.7. The van der Waals surface area contributed by atoms with Crippen molar-refractivity contribution >= 4 is 27.3 Å². The van der Waals surface area contributed by atoms with Gasteiger partial charge in [-0.3, -0.25) is 10.1 Å². The monoisotopic (exact) mass is 460 g/mol. The lowest BCUT2D eigenvalue weighted by atomic mass is 9.76. The summed E-state index contributed by atoms with van der Waals surface area (Å²) < 4.78 is 17.3. The molecule has 0 aromatic heterocycles. The van der Waals surface area contributed by atoms with Crippen LogP contribution in [0.15, 0.2) is 40.9 Å². The van der Waals surface area contributed by atoms with Gasteiger partial charge in [0.25, 0.3) is 5.69 Å². The van der Waals surface area contributed by atoms with E-state index < -0.39 is 0 Å². The van der Waals surface area contributed by atoms with Gasteiger partial charge in [-0.1, -0.05) is 12.2 Å². The summed E-state index contributed by atoms with van der Waals surface area (Å²) in [6.07, 6.45) is 5.15. The van der Waals surface area contributed by atoms with Crippen LogP contribution in [0.4, 0.5) is 11.4 Å². The molecule has 0 unspecified atom stereocenters. The van der Waals surface area contributed by atoms with Crippen molar-refractivity contribution in [3.05, 3.63) is 62.1 Å². The molecule has 3 atom stereocenters. The number of nitrogens with one attached hydrogen (secondary N) is 1. The van der Waals surface area contributed by atoms with Gasteiger partial charge >= 0.3 is 0 Å². The maximum absolute atomic E-state index is 11.4. The van der Waals surface area contributed by atoms with Gasteiger partial charge in [-0.05, 0) is 51.5 Å². The van der Waals surface area contributed by atoms with Crippen molar-refractivity contribution in [1.82, 2.24) is 0 Å². The number of non-ortho nitro benzene ring substituents is 1. The number of nitro groups is 1. The third-order valence-electron chi connectivity index (χ3n) is 5.66. The molecule has 0 saturated carbocycles. The van der Waals surface area contributed by atoms with Crippen LogP contribution >= 0.6 is 15.9 Å². The maximum atomic E-state index is 11.4. The summed E-state index contributed by atoms with van der Waals surface area (Å²) in [6.45, 7) is 0. The number of benzene rings is 2. The van der Waals surface area contributed by atoms with E-state index in [1.165, 1.54) is 13.2 Å². The van der Waals surface area contributed by atoms with Gasteiger partial charge in [-0.25, -0.2) is 0 Å². The standard InChI is InChI=1S/C21H21BrN2O5/c1-27-17-10-12(24(25)26)9-15-13-5-4-6-14(13)19(23-20(15)17)11-7-16(22)21(29-3)18(8-11)28-2/h4-5,7-10,13-14,19,23H,6H2,1-3H3/t13-,14-,19-/m1/s1. The fourth-order valence-electron chi connectivity index (χ4n) is 4.37. The first kappa shape index (κ1) is 19.6. The van der Waals surface area contributed by atoms with E-state index >= 15 is 0 Å². The summed E-state index contributed by atoms with van der Waals surface area (Å²) >= 11 is 3.58. The average Bonchev–Trinajstić information content (AvgIpc) is 3.21. The number of methoxy groups -OCH3 is 3. The van der Waals surface area contributed by atoms with Crippen molar-refractivity contribution in [3.63, 3.8) is 0 Å². The molecular formula is C21H21BrN2O5. The summed E-state index contributed by atoms with van der Waals surface area (Å²) in [5.74, 6) is 2.04. The predicted octanol–water partition coefficient (Wildman–Crippen LogP) is 5.21. The lowest BCUT2D eigenvalue weighted by molar-refractivity contribution is -0.385. The Labute approximate surface area is 176 Å². The van der Waals surface area contributed by atoms with E-state index in [-0.39, 0.29) is 28.5 Å². The highest BCUT2D eigenvalue weighted by Gasteiger charge is 2.40. The molecule has 0 bridgehead atoms. The molecule has 2 aromatic rings. The number of halogens is 1. The molecule has 152 valence electrons. The first-order valence-electron chi connectivity index (χ1n) is 9.19. The van der Waals surface area contributed by atoms with E-state index in [0.717, 1.165) is 27.7 Å². The van der Waals surface area contributed by atoms with E-state index in [4.69, 9.17) is 14.2 Å². The molecular weight excluding hydrogens is 440 g/mol. The Morgan fingerprint density at radius 3 is 2.52 bits per heavy atom. The SMILES string of the molecule is COc1cc([N+](=O)[O-])cc2c1N[C@H](c1cc(Br)c(OC)c(OC)c1)[C@@H]1CC=C[C@@H]21. The van der Waals surface area contributed by atoms with Gasteiger partial charge in [0, 0.05) is 12.0 Å². The summed E-state index contributed by atoms with van der Waals surface area (Å²) in [6, 6.07) is 7.09. The van der Waals surface area contributed by atoms with E-state index in [0.29, 0.717) is 17.2 Å². The van der Waals surface area contributed by atoms with Crippen LogP contribution in [0.2, 0.25) is 0 Å². The van der Waals surface area contributed by atoms with Crippen LogP contribution in [0, 0.1) is 16.0 Å². The van der Waals surface area contributed by atoms with Gasteiger partial charge in [-0.15, -0.1) is 0 Å². The minimum Gasteiger partial charge on any atom is -0.494 e. The van der Waals surface area contributed by atoms with Crippen molar-refractivity contribution in [3.8, 4) is 17.2 Å². The van der Waals surface area contributed by atoms with Crippen LogP contribution in [0.3, 0.4) is 0 Å². The minimum absolute atomic E-state index is 0.0195. The Hall–Kier alpha value is -2.74. The number of hydrogen-bond acceptors (Lipinski definition) is 6. The molecule has 0 fully saturated rings. The number of anilines is 1. The second kappa shape index (κ2) is 7.59. The van der Waals surface area contributed by atoms with Crippen LogP contribution in [0.1, 0.15) is 29.5 Å². The lowest BCUT2D eigenvalue weighted by Gasteiger charge is -2.38. The zero-order valence-corrected chi connectivity index (χ0v) is 17.9. The molecule has 0 radical (unpaired) electrons. The third-order valence-corrected chi connectivity index (χ3v) is 6.25. The predicted molar refractivity (Wildman–Crippen MR) is 113 cm³/mol. The zero-order chi connectivity index (χ0) is 20.7. The summed E-state index contributed by atoms with van der Waals surface area (Å²) in [4.78, 5) is 11.0. The fraction of sp³-hybridized carbons (Fsp3) is 0.333. The highest BCUT2D eigenvalue weighted by Crippen LogP contribution is 2.54. The Bertz CT molecular complexity index is 1010. The largest absolute Gasteiger partial charge is 0.494 e. The molecule has 2 aliphatic rings. The number of ether oxygens (including phenoxy) is 3. The van der Waals surface area contributed by atoms with Crippen molar-refractivity contribution in [2.24, 2.45) is 5.92 Å². The van der Waals surface area contributed by atoms with Crippen LogP contribution in [0.5, 0.6) is 17.2 Å². The van der Waals surface area contributed by atoms with Gasteiger partial charge in [0.1, 0.15) is 5.75 Å².